The molecular formula is C7H9ClN2O. The average Bonchev–Trinajstić information content (AvgIpc) is 2.03. The predicted octanol–water partition coefficient (Wildman–Crippen LogP) is -0.381. The van der Waals surface area contributed by atoms with Crippen molar-refractivity contribution in [2.24, 2.45) is 6.98 Å². The molecule has 0 aliphatic rings. The summed E-state index contributed by atoms with van der Waals surface area (Å²) in [6, 6.07) is 2.83. The Labute approximate surface area is 75.4 Å². The summed E-state index contributed by atoms with van der Waals surface area (Å²) in [5, 5.41) is 17.4. The Morgan fingerprint density at radius 1 is 1.82 bits per heavy atom. The normalized spacial score (nSPS) is 13.6. The zero-order chi connectivity index (χ0) is 10.1. The highest BCUT2D eigenvalue weighted by Gasteiger charge is 1.94. The van der Waals surface area contributed by atoms with Crippen LogP contribution in [0.1, 0.15) is 9.68 Å². The summed E-state index contributed by atoms with van der Waals surface area (Å²) in [6.45, 7) is -2.30. The lowest BCUT2D eigenvalue weighted by molar-refractivity contribution is -0.671. The Balaban J connectivity index is 0.00000169. The molecule has 1 rings (SSSR count). The number of aryl methyl sites for hydroxylation is 1. The minimum atomic E-state index is -2.30. The molecule has 0 unspecified atom stereocenters. The summed E-state index contributed by atoms with van der Waals surface area (Å²) in [7, 11) is 0. The van der Waals surface area contributed by atoms with Crippen molar-refractivity contribution >= 4 is 18.3 Å². The minimum absolute atomic E-state index is 0. The Morgan fingerprint density at radius 3 is 3.09 bits per heavy atom. The fraction of sp³-hybridized carbons (Fsp3) is 0.143. The van der Waals surface area contributed by atoms with E-state index in [9.17, 15) is 5.11 Å². The number of hydrogen-bond donors (Lipinski definition) is 1. The minimum Gasteiger partial charge on any atom is -0.859 e. The second-order valence-electron chi connectivity index (χ2n) is 1.83. The number of pyridine rings is 1. The SMILES string of the molecule is Cl.[2H]C([2H])([2H])[n+]1cccc(C(=N)[O-])c1. The third-order valence-electron chi connectivity index (χ3n) is 1.06. The van der Waals surface area contributed by atoms with Crippen LogP contribution >= 0.6 is 12.4 Å². The number of aromatic nitrogens is 1. The predicted molar refractivity (Wildman–Crippen MR) is 41.7 cm³/mol. The Bertz CT molecular complexity index is 340. The van der Waals surface area contributed by atoms with E-state index in [1.807, 2.05) is 0 Å². The topological polar surface area (TPSA) is 50.8 Å². The first-order chi connectivity index (χ1) is 5.91. The molecule has 0 bridgehead atoms. The van der Waals surface area contributed by atoms with Crippen molar-refractivity contribution in [2.75, 3.05) is 0 Å². The standard InChI is InChI=1S/C7H8N2O.ClH/c1-9-4-2-3-6(5-9)7(8)10;/h2-5H,1H3,(H-,8,10);1H/i1D3;. The van der Waals surface area contributed by atoms with Gasteiger partial charge in [0.2, 0.25) is 0 Å². The van der Waals surface area contributed by atoms with Crippen LogP contribution in [0.5, 0.6) is 0 Å². The highest BCUT2D eigenvalue weighted by molar-refractivity contribution is 5.87. The maximum atomic E-state index is 10.6. The van der Waals surface area contributed by atoms with Crippen molar-refractivity contribution in [2.45, 2.75) is 0 Å². The number of rotatable bonds is 1. The fourth-order valence-electron chi connectivity index (χ4n) is 0.610. The van der Waals surface area contributed by atoms with Gasteiger partial charge < -0.3 is 10.5 Å². The van der Waals surface area contributed by atoms with Gasteiger partial charge in [-0.25, -0.2) is 4.57 Å². The summed E-state index contributed by atoms with van der Waals surface area (Å²) in [5.41, 5.74) is 0.0682. The van der Waals surface area contributed by atoms with Crippen molar-refractivity contribution in [3.05, 3.63) is 30.1 Å². The van der Waals surface area contributed by atoms with Crippen molar-refractivity contribution in [3.63, 3.8) is 0 Å². The Kier molecular flexibility index (Phi) is 1.98. The third-order valence-corrected chi connectivity index (χ3v) is 1.06. The van der Waals surface area contributed by atoms with Gasteiger partial charge in [0.1, 0.15) is 11.1 Å². The first kappa shape index (κ1) is 5.55. The molecule has 0 atom stereocenters. The molecule has 0 aromatic carbocycles. The van der Waals surface area contributed by atoms with Gasteiger partial charge in [0.15, 0.2) is 12.4 Å². The van der Waals surface area contributed by atoms with Gasteiger partial charge in [-0.15, -0.1) is 12.4 Å². The maximum Gasteiger partial charge on any atom is 0.176 e. The van der Waals surface area contributed by atoms with Crippen molar-refractivity contribution in [1.82, 2.24) is 0 Å². The van der Waals surface area contributed by atoms with Gasteiger partial charge in [0.05, 0.1) is 0 Å². The molecule has 0 spiro atoms. The van der Waals surface area contributed by atoms with E-state index in [-0.39, 0.29) is 18.0 Å². The molecule has 0 aliphatic heterocycles. The highest BCUT2D eigenvalue weighted by atomic mass is 35.5. The van der Waals surface area contributed by atoms with Gasteiger partial charge in [-0.05, 0) is 12.0 Å². The quantitative estimate of drug-likeness (QED) is 0.353. The zero-order valence-electron chi connectivity index (χ0n) is 8.57. The molecule has 1 N–H and O–H groups in total. The number of nitrogens with zero attached hydrogens (tertiary/aromatic N) is 1. The van der Waals surface area contributed by atoms with Crippen LogP contribution in [0.25, 0.3) is 0 Å². The first-order valence-electron chi connectivity index (χ1n) is 4.19. The van der Waals surface area contributed by atoms with Crippen molar-refractivity contribution in [3.8, 4) is 0 Å². The van der Waals surface area contributed by atoms with Crippen LogP contribution in [-0.2, 0) is 6.98 Å². The van der Waals surface area contributed by atoms with Gasteiger partial charge in [-0.3, -0.25) is 0 Å². The van der Waals surface area contributed by atoms with E-state index in [0.717, 1.165) is 10.8 Å². The van der Waals surface area contributed by atoms with E-state index >= 15 is 0 Å². The van der Waals surface area contributed by atoms with Gasteiger partial charge in [0.25, 0.3) is 0 Å². The van der Waals surface area contributed by atoms with Crippen molar-refractivity contribution < 1.29 is 13.8 Å². The van der Waals surface area contributed by atoms with E-state index in [0.29, 0.717) is 0 Å². The van der Waals surface area contributed by atoms with Crippen LogP contribution in [0.2, 0.25) is 0 Å². The molecule has 3 nitrogen and oxygen atoms in total. The smallest absolute Gasteiger partial charge is 0.176 e. The summed E-state index contributed by atoms with van der Waals surface area (Å²) in [5.74, 6) is -0.890. The molecule has 0 amide bonds. The second kappa shape index (κ2) is 3.93. The number of hydrogen-bond acceptors (Lipinski definition) is 2. The lowest BCUT2D eigenvalue weighted by atomic mass is 10.3. The summed E-state index contributed by atoms with van der Waals surface area (Å²) < 4.78 is 22.0. The van der Waals surface area contributed by atoms with E-state index in [1.54, 1.807) is 0 Å². The molecule has 0 aliphatic carbocycles. The Hall–Kier alpha value is -1.09. The molecular weight excluding hydrogens is 164 g/mol. The molecule has 11 heavy (non-hydrogen) atoms. The van der Waals surface area contributed by atoms with Crippen LogP contribution in [0.3, 0.4) is 0 Å². The molecule has 0 saturated carbocycles. The van der Waals surface area contributed by atoms with Crippen LogP contribution < -0.4 is 9.67 Å². The molecule has 0 fully saturated rings. The van der Waals surface area contributed by atoms with Gasteiger partial charge in [0, 0.05) is 11.6 Å². The van der Waals surface area contributed by atoms with E-state index in [2.05, 4.69) is 0 Å². The monoisotopic (exact) mass is 175 g/mol. The zero-order valence-corrected chi connectivity index (χ0v) is 6.39. The van der Waals surface area contributed by atoms with Crippen LogP contribution in [0.4, 0.5) is 0 Å². The highest BCUT2D eigenvalue weighted by Crippen LogP contribution is 1.89. The lowest BCUT2D eigenvalue weighted by Gasteiger charge is -2.03. The van der Waals surface area contributed by atoms with E-state index in [1.165, 1.54) is 18.3 Å². The summed E-state index contributed by atoms with van der Waals surface area (Å²) >= 11 is 0. The van der Waals surface area contributed by atoms with Crippen LogP contribution in [-0.4, -0.2) is 5.90 Å². The molecule has 1 heterocycles. The summed E-state index contributed by atoms with van der Waals surface area (Å²) in [6.07, 6.45) is 2.47. The van der Waals surface area contributed by atoms with Crippen LogP contribution in [0.15, 0.2) is 24.5 Å². The first-order valence-corrected chi connectivity index (χ1v) is 2.69. The van der Waals surface area contributed by atoms with Gasteiger partial charge in [-0.1, -0.05) is 0 Å². The van der Waals surface area contributed by atoms with Crippen LogP contribution in [0, 0.1) is 5.41 Å². The molecule has 0 radical (unpaired) electrons. The third kappa shape index (κ3) is 2.55. The van der Waals surface area contributed by atoms with Crippen molar-refractivity contribution in [1.29, 1.82) is 5.41 Å². The van der Waals surface area contributed by atoms with E-state index < -0.39 is 12.9 Å². The molecule has 60 valence electrons. The van der Waals surface area contributed by atoms with E-state index in [4.69, 9.17) is 9.52 Å². The second-order valence-corrected chi connectivity index (χ2v) is 1.83. The molecule has 0 saturated heterocycles. The van der Waals surface area contributed by atoms with Gasteiger partial charge >= 0.3 is 0 Å². The van der Waals surface area contributed by atoms with Gasteiger partial charge in [-0.2, -0.15) is 0 Å². The fourth-order valence-corrected chi connectivity index (χ4v) is 0.610. The molecule has 4 heteroatoms. The largest absolute Gasteiger partial charge is 0.859 e. The number of halogens is 1. The molecule has 1 aromatic rings. The Morgan fingerprint density at radius 2 is 2.55 bits per heavy atom. The number of nitrogens with one attached hydrogen (secondary N) is 1. The average molecular weight is 176 g/mol. The summed E-state index contributed by atoms with van der Waals surface area (Å²) in [4.78, 5) is 0. The lowest BCUT2D eigenvalue weighted by Crippen LogP contribution is -2.29. The maximum absolute atomic E-state index is 10.6. The molecule has 1 aromatic heterocycles.